The molecule has 1 aliphatic rings. The number of allylic oxidation sites excluding steroid dienone is 4. The fourth-order valence-corrected chi connectivity index (χ4v) is 7.12. The van der Waals surface area contributed by atoms with Gasteiger partial charge in [0.2, 0.25) is 0 Å². The smallest absolute Gasteiger partial charge is 0.136 e. The van der Waals surface area contributed by atoms with E-state index in [-0.39, 0.29) is 0 Å². The predicted octanol–water partition coefficient (Wildman–Crippen LogP) is 13.3. The molecule has 2 nitrogen and oxygen atoms in total. The molecule has 9 rings (SSSR count). The monoisotopic (exact) mass is 615 g/mol. The molecule has 0 spiro atoms. The van der Waals surface area contributed by atoms with Crippen LogP contribution in [-0.4, -0.2) is 0 Å². The Bertz CT molecular complexity index is 2480. The summed E-state index contributed by atoms with van der Waals surface area (Å²) >= 11 is 0. The molecular weight excluding hydrogens is 583 g/mol. The quantitative estimate of drug-likeness (QED) is 0.185. The lowest BCUT2D eigenvalue weighted by Crippen LogP contribution is -2.11. The van der Waals surface area contributed by atoms with E-state index in [1.807, 2.05) is 12.1 Å². The van der Waals surface area contributed by atoms with Crippen molar-refractivity contribution >= 4 is 55.3 Å². The highest BCUT2D eigenvalue weighted by Crippen LogP contribution is 2.44. The number of anilines is 3. The van der Waals surface area contributed by atoms with E-state index in [0.717, 1.165) is 46.5 Å². The zero-order valence-corrected chi connectivity index (χ0v) is 26.5. The third-order valence-corrected chi connectivity index (χ3v) is 9.48. The molecule has 0 unspecified atom stereocenters. The molecule has 0 atom stereocenters. The molecule has 0 saturated carbocycles. The van der Waals surface area contributed by atoms with Crippen LogP contribution < -0.4 is 4.90 Å². The Morgan fingerprint density at radius 2 is 1.17 bits per heavy atom. The summed E-state index contributed by atoms with van der Waals surface area (Å²) in [7, 11) is 0. The normalized spacial score (nSPS) is 12.9. The molecule has 0 radical (unpaired) electrons. The maximum Gasteiger partial charge on any atom is 0.136 e. The van der Waals surface area contributed by atoms with Crippen LogP contribution in [0.5, 0.6) is 0 Å². The summed E-state index contributed by atoms with van der Waals surface area (Å²) in [6.07, 6.45) is 9.06. The van der Waals surface area contributed by atoms with Crippen LogP contribution in [-0.2, 0) is 0 Å². The van der Waals surface area contributed by atoms with Crippen LogP contribution in [0, 0.1) is 0 Å². The van der Waals surface area contributed by atoms with Crippen LogP contribution in [0.25, 0.3) is 60.5 Å². The van der Waals surface area contributed by atoms with Gasteiger partial charge in [-0.2, -0.15) is 0 Å². The molecule has 228 valence electrons. The minimum absolute atomic E-state index is 0.918. The van der Waals surface area contributed by atoms with Crippen molar-refractivity contribution < 1.29 is 4.42 Å². The summed E-state index contributed by atoms with van der Waals surface area (Å²) in [6, 6.07) is 56.7. The van der Waals surface area contributed by atoms with Crippen molar-refractivity contribution in [2.24, 2.45) is 0 Å². The van der Waals surface area contributed by atoms with Gasteiger partial charge in [-0.25, -0.2) is 0 Å². The van der Waals surface area contributed by atoms with Gasteiger partial charge < -0.3 is 9.32 Å². The Kier molecular flexibility index (Phi) is 6.98. The van der Waals surface area contributed by atoms with Gasteiger partial charge in [0, 0.05) is 27.7 Å². The molecule has 0 bridgehead atoms. The van der Waals surface area contributed by atoms with Crippen LogP contribution in [0.2, 0.25) is 0 Å². The molecular formula is C46H33NO. The first-order valence-electron chi connectivity index (χ1n) is 16.7. The van der Waals surface area contributed by atoms with Gasteiger partial charge in [-0.3, -0.25) is 0 Å². The Balaban J connectivity index is 1.21. The number of hydrogen-bond donors (Lipinski definition) is 0. The molecule has 1 aliphatic carbocycles. The predicted molar refractivity (Wildman–Crippen MR) is 203 cm³/mol. The summed E-state index contributed by atoms with van der Waals surface area (Å²) in [4.78, 5) is 2.38. The van der Waals surface area contributed by atoms with Gasteiger partial charge in [0.15, 0.2) is 0 Å². The maximum atomic E-state index is 6.24. The van der Waals surface area contributed by atoms with Gasteiger partial charge >= 0.3 is 0 Å². The van der Waals surface area contributed by atoms with E-state index in [2.05, 4.69) is 169 Å². The number of para-hydroxylation sites is 2. The number of fused-ring (bicyclic) bond motifs is 5. The van der Waals surface area contributed by atoms with Crippen molar-refractivity contribution in [2.45, 2.75) is 12.8 Å². The summed E-state index contributed by atoms with van der Waals surface area (Å²) in [6.45, 7) is 0. The maximum absolute atomic E-state index is 6.24. The number of hydrogen-bond acceptors (Lipinski definition) is 2. The fraction of sp³-hybridized carbons (Fsp3) is 0.0435. The van der Waals surface area contributed by atoms with Crippen molar-refractivity contribution in [1.82, 2.24) is 0 Å². The van der Waals surface area contributed by atoms with Crippen molar-refractivity contribution in [3.63, 3.8) is 0 Å². The van der Waals surface area contributed by atoms with Gasteiger partial charge in [0.25, 0.3) is 0 Å². The molecule has 48 heavy (non-hydrogen) atoms. The second-order valence-corrected chi connectivity index (χ2v) is 12.4. The van der Waals surface area contributed by atoms with E-state index in [1.165, 1.54) is 49.5 Å². The van der Waals surface area contributed by atoms with Crippen molar-refractivity contribution in [2.75, 3.05) is 4.90 Å². The Morgan fingerprint density at radius 3 is 1.98 bits per heavy atom. The van der Waals surface area contributed by atoms with E-state index in [4.69, 9.17) is 4.42 Å². The molecule has 0 fully saturated rings. The topological polar surface area (TPSA) is 16.4 Å². The van der Waals surface area contributed by atoms with Crippen LogP contribution >= 0.6 is 0 Å². The highest BCUT2D eigenvalue weighted by atomic mass is 16.3. The van der Waals surface area contributed by atoms with Gasteiger partial charge in [-0.05, 0) is 106 Å². The summed E-state index contributed by atoms with van der Waals surface area (Å²) < 4.78 is 6.24. The third-order valence-electron chi connectivity index (χ3n) is 9.48. The lowest BCUT2D eigenvalue weighted by Gasteiger charge is -2.28. The fourth-order valence-electron chi connectivity index (χ4n) is 7.12. The number of nitrogens with zero attached hydrogens (tertiary/aromatic N) is 1. The molecule has 0 amide bonds. The Morgan fingerprint density at radius 1 is 0.479 bits per heavy atom. The first kappa shape index (κ1) is 28.1. The summed E-state index contributed by atoms with van der Waals surface area (Å²) in [5.74, 6) is 0. The SMILES string of the molecule is C1=CC(c2ccc(N(c3ccccc3)c3ccc(-c4ccc5ccc6oc7ccccc7c6c5c4)cc3-c3ccccc3)cc2)=CCC1. The zero-order valence-electron chi connectivity index (χ0n) is 26.5. The number of rotatable bonds is 6. The third kappa shape index (κ3) is 4.99. The molecule has 1 heterocycles. The average Bonchev–Trinajstić information content (AvgIpc) is 3.56. The highest BCUT2D eigenvalue weighted by Gasteiger charge is 2.19. The van der Waals surface area contributed by atoms with Crippen molar-refractivity contribution in [3.8, 4) is 22.3 Å². The highest BCUT2D eigenvalue weighted by molar-refractivity contribution is 6.19. The van der Waals surface area contributed by atoms with Crippen LogP contribution in [0.1, 0.15) is 18.4 Å². The molecule has 2 heteroatoms. The summed E-state index contributed by atoms with van der Waals surface area (Å²) in [5.41, 5.74) is 12.4. The first-order chi connectivity index (χ1) is 23.8. The molecule has 8 aromatic rings. The van der Waals surface area contributed by atoms with Crippen molar-refractivity contribution in [1.29, 1.82) is 0 Å². The van der Waals surface area contributed by atoms with E-state index in [1.54, 1.807) is 0 Å². The minimum Gasteiger partial charge on any atom is -0.456 e. The van der Waals surface area contributed by atoms with Crippen LogP contribution in [0.3, 0.4) is 0 Å². The van der Waals surface area contributed by atoms with E-state index >= 15 is 0 Å². The molecule has 0 saturated heterocycles. The van der Waals surface area contributed by atoms with E-state index < -0.39 is 0 Å². The van der Waals surface area contributed by atoms with Gasteiger partial charge in [-0.1, -0.05) is 121 Å². The Hall–Kier alpha value is -6.12. The molecule has 0 aliphatic heterocycles. The Labute approximate surface area is 280 Å². The largest absolute Gasteiger partial charge is 0.456 e. The number of benzene rings is 7. The second-order valence-electron chi connectivity index (χ2n) is 12.4. The zero-order chi connectivity index (χ0) is 31.9. The van der Waals surface area contributed by atoms with E-state index in [0.29, 0.717) is 0 Å². The minimum atomic E-state index is 0.918. The molecule has 1 aromatic heterocycles. The van der Waals surface area contributed by atoms with Crippen LogP contribution in [0.4, 0.5) is 17.1 Å². The lowest BCUT2D eigenvalue weighted by atomic mass is 9.94. The molecule has 0 N–H and O–H groups in total. The second kappa shape index (κ2) is 11.9. The van der Waals surface area contributed by atoms with Gasteiger partial charge in [-0.15, -0.1) is 0 Å². The average molecular weight is 616 g/mol. The molecule has 7 aromatic carbocycles. The van der Waals surface area contributed by atoms with Crippen molar-refractivity contribution in [3.05, 3.63) is 182 Å². The first-order valence-corrected chi connectivity index (χ1v) is 16.7. The van der Waals surface area contributed by atoms with Gasteiger partial charge in [0.05, 0.1) is 5.69 Å². The van der Waals surface area contributed by atoms with Crippen LogP contribution in [0.15, 0.2) is 180 Å². The van der Waals surface area contributed by atoms with Gasteiger partial charge in [0.1, 0.15) is 11.2 Å². The summed E-state index contributed by atoms with van der Waals surface area (Å²) in [5, 5.41) is 4.73. The van der Waals surface area contributed by atoms with E-state index in [9.17, 15) is 0 Å². The standard InChI is InChI=1S/C46H33NO/c1-4-12-32(13-5-1)33-22-26-39(27-23-33)47(38-16-8-3-9-17-38)43-28-24-37(30-41(43)34-14-6-2-7-15-34)36-21-20-35-25-29-45-46(42(35)31-36)40-18-10-11-19-44(40)48-45/h2-4,6-31H,1,5H2. The number of furan rings is 1. The lowest BCUT2D eigenvalue weighted by molar-refractivity contribution is 0.669.